The normalized spacial score (nSPS) is 12.4. The lowest BCUT2D eigenvalue weighted by Crippen LogP contribution is -2.28. The quantitative estimate of drug-likeness (QED) is 0.387. The number of pyridine rings is 1. The number of nitrogens with one attached hydrogen (secondary N) is 1. The van der Waals surface area contributed by atoms with Crippen LogP contribution in [0.4, 0.5) is 0 Å². The van der Waals surface area contributed by atoms with E-state index in [0.29, 0.717) is 6.61 Å². The molecule has 4 heteroatoms. The molecule has 0 aliphatic carbocycles. The number of rotatable bonds is 10. The molecule has 0 fully saturated rings. The first kappa shape index (κ1) is 15.9. The molecule has 0 spiro atoms. The van der Waals surface area contributed by atoms with Crippen molar-refractivity contribution in [2.24, 2.45) is 5.84 Å². The minimum Gasteiger partial charge on any atom is -0.492 e. The van der Waals surface area contributed by atoms with Gasteiger partial charge < -0.3 is 4.74 Å². The smallest absolute Gasteiger partial charge is 0.137 e. The van der Waals surface area contributed by atoms with Crippen molar-refractivity contribution < 1.29 is 4.74 Å². The molecule has 3 N–H and O–H groups in total. The van der Waals surface area contributed by atoms with Gasteiger partial charge in [-0.2, -0.15) is 0 Å². The van der Waals surface area contributed by atoms with Gasteiger partial charge in [0.2, 0.25) is 0 Å². The zero-order chi connectivity index (χ0) is 13.9. The van der Waals surface area contributed by atoms with Gasteiger partial charge in [-0.15, -0.1) is 0 Å². The Morgan fingerprint density at radius 2 is 2.00 bits per heavy atom. The van der Waals surface area contributed by atoms with E-state index in [1.165, 1.54) is 32.1 Å². The van der Waals surface area contributed by atoms with Crippen molar-refractivity contribution in [2.75, 3.05) is 6.61 Å². The highest BCUT2D eigenvalue weighted by Crippen LogP contribution is 2.22. The van der Waals surface area contributed by atoms with E-state index in [0.717, 1.165) is 17.7 Å². The Bertz CT molecular complexity index is 344. The SMILES string of the molecule is CCCCCCCC(NN)c1cncc(OCC)c1. The van der Waals surface area contributed by atoms with E-state index in [1.54, 1.807) is 6.20 Å². The molecular weight excluding hydrogens is 238 g/mol. The van der Waals surface area contributed by atoms with E-state index in [-0.39, 0.29) is 6.04 Å². The van der Waals surface area contributed by atoms with E-state index < -0.39 is 0 Å². The number of nitrogens with zero attached hydrogens (tertiary/aromatic N) is 1. The number of aromatic nitrogens is 1. The van der Waals surface area contributed by atoms with Crippen LogP contribution in [0.15, 0.2) is 18.5 Å². The first-order valence-corrected chi connectivity index (χ1v) is 7.35. The molecule has 108 valence electrons. The summed E-state index contributed by atoms with van der Waals surface area (Å²) in [6.45, 7) is 4.86. The van der Waals surface area contributed by atoms with E-state index in [4.69, 9.17) is 10.6 Å². The monoisotopic (exact) mass is 265 g/mol. The number of hydrogen-bond acceptors (Lipinski definition) is 4. The molecule has 0 aliphatic rings. The number of ether oxygens (including phenoxy) is 1. The average Bonchev–Trinajstić information content (AvgIpc) is 2.43. The maximum atomic E-state index is 5.65. The highest BCUT2D eigenvalue weighted by molar-refractivity contribution is 5.25. The molecule has 0 bridgehead atoms. The molecule has 0 saturated heterocycles. The van der Waals surface area contributed by atoms with Crippen LogP contribution < -0.4 is 16.0 Å². The van der Waals surface area contributed by atoms with Crippen LogP contribution in [0.25, 0.3) is 0 Å². The predicted octanol–water partition coefficient (Wildman–Crippen LogP) is 3.35. The summed E-state index contributed by atoms with van der Waals surface area (Å²) in [5.41, 5.74) is 3.98. The van der Waals surface area contributed by atoms with Gasteiger partial charge >= 0.3 is 0 Å². The third-order valence-electron chi connectivity index (χ3n) is 3.25. The van der Waals surface area contributed by atoms with Crippen molar-refractivity contribution in [3.8, 4) is 5.75 Å². The summed E-state index contributed by atoms with van der Waals surface area (Å²) in [5, 5.41) is 0. The molecular formula is C15H27N3O. The van der Waals surface area contributed by atoms with Crippen LogP contribution >= 0.6 is 0 Å². The number of hydrogen-bond donors (Lipinski definition) is 2. The fourth-order valence-corrected chi connectivity index (χ4v) is 2.17. The third-order valence-corrected chi connectivity index (χ3v) is 3.25. The minimum absolute atomic E-state index is 0.162. The Morgan fingerprint density at radius 3 is 2.68 bits per heavy atom. The fourth-order valence-electron chi connectivity index (χ4n) is 2.17. The molecule has 0 amide bonds. The molecule has 4 nitrogen and oxygen atoms in total. The molecule has 1 aromatic heterocycles. The highest BCUT2D eigenvalue weighted by atomic mass is 16.5. The van der Waals surface area contributed by atoms with Crippen LogP contribution in [0, 0.1) is 0 Å². The van der Waals surface area contributed by atoms with E-state index in [2.05, 4.69) is 17.3 Å². The van der Waals surface area contributed by atoms with E-state index >= 15 is 0 Å². The van der Waals surface area contributed by atoms with Gasteiger partial charge in [0.05, 0.1) is 12.8 Å². The Kier molecular flexibility index (Phi) is 8.18. The molecule has 0 aliphatic heterocycles. The van der Waals surface area contributed by atoms with Gasteiger partial charge in [0.15, 0.2) is 0 Å². The lowest BCUT2D eigenvalue weighted by Gasteiger charge is -2.16. The standard InChI is InChI=1S/C15H27N3O/c1-3-5-6-7-8-9-15(18-16)13-10-14(19-4-2)12-17-11-13/h10-12,15,18H,3-9,16H2,1-2H3. The van der Waals surface area contributed by atoms with Crippen LogP contribution in [0.3, 0.4) is 0 Å². The second kappa shape index (κ2) is 9.75. The van der Waals surface area contributed by atoms with Crippen LogP contribution in [0.2, 0.25) is 0 Å². The molecule has 1 rings (SSSR count). The van der Waals surface area contributed by atoms with E-state index in [9.17, 15) is 0 Å². The second-order valence-electron chi connectivity index (χ2n) is 4.81. The summed E-state index contributed by atoms with van der Waals surface area (Å²) >= 11 is 0. The number of hydrazine groups is 1. The van der Waals surface area contributed by atoms with Gasteiger partial charge in [-0.1, -0.05) is 39.0 Å². The van der Waals surface area contributed by atoms with Crippen molar-refractivity contribution in [3.63, 3.8) is 0 Å². The Hall–Kier alpha value is -1.13. The topological polar surface area (TPSA) is 60.2 Å². The van der Waals surface area contributed by atoms with Gasteiger partial charge in [-0.25, -0.2) is 0 Å². The van der Waals surface area contributed by atoms with Crippen LogP contribution in [0.5, 0.6) is 5.75 Å². The van der Waals surface area contributed by atoms with Crippen LogP contribution in [0.1, 0.15) is 64.0 Å². The summed E-state index contributed by atoms with van der Waals surface area (Å²) in [5.74, 6) is 6.46. The second-order valence-corrected chi connectivity index (χ2v) is 4.81. The molecule has 19 heavy (non-hydrogen) atoms. The van der Waals surface area contributed by atoms with Gasteiger partial charge in [-0.05, 0) is 25.0 Å². The molecule has 1 atom stereocenters. The van der Waals surface area contributed by atoms with Crippen LogP contribution in [-0.4, -0.2) is 11.6 Å². The summed E-state index contributed by atoms with van der Waals surface area (Å²) in [6, 6.07) is 2.18. The van der Waals surface area contributed by atoms with Gasteiger partial charge in [0, 0.05) is 12.2 Å². The lowest BCUT2D eigenvalue weighted by molar-refractivity contribution is 0.337. The largest absolute Gasteiger partial charge is 0.492 e. The maximum Gasteiger partial charge on any atom is 0.137 e. The highest BCUT2D eigenvalue weighted by Gasteiger charge is 2.10. The first-order valence-electron chi connectivity index (χ1n) is 7.35. The minimum atomic E-state index is 0.162. The Balaban J connectivity index is 2.46. The third kappa shape index (κ3) is 6.03. The Labute approximate surface area is 116 Å². The zero-order valence-corrected chi connectivity index (χ0v) is 12.2. The molecule has 0 saturated carbocycles. The fraction of sp³-hybridized carbons (Fsp3) is 0.667. The van der Waals surface area contributed by atoms with Crippen LogP contribution in [-0.2, 0) is 0 Å². The lowest BCUT2D eigenvalue weighted by atomic mass is 10.0. The predicted molar refractivity (Wildman–Crippen MR) is 78.8 cm³/mol. The summed E-state index contributed by atoms with van der Waals surface area (Å²) < 4.78 is 5.47. The Morgan fingerprint density at radius 1 is 1.21 bits per heavy atom. The zero-order valence-electron chi connectivity index (χ0n) is 12.2. The van der Waals surface area contributed by atoms with Crippen molar-refractivity contribution >= 4 is 0 Å². The van der Waals surface area contributed by atoms with Crippen molar-refractivity contribution in [1.82, 2.24) is 10.4 Å². The molecule has 1 aromatic rings. The number of unbranched alkanes of at least 4 members (excludes halogenated alkanes) is 4. The molecule has 0 radical (unpaired) electrons. The average molecular weight is 265 g/mol. The van der Waals surface area contributed by atoms with Gasteiger partial charge in [0.25, 0.3) is 0 Å². The molecule has 1 unspecified atom stereocenters. The van der Waals surface area contributed by atoms with Gasteiger partial charge in [-0.3, -0.25) is 16.3 Å². The molecule has 1 heterocycles. The van der Waals surface area contributed by atoms with Crippen molar-refractivity contribution in [3.05, 3.63) is 24.0 Å². The number of nitrogens with two attached hydrogens (primary N) is 1. The van der Waals surface area contributed by atoms with Gasteiger partial charge in [0.1, 0.15) is 5.75 Å². The summed E-state index contributed by atoms with van der Waals surface area (Å²) in [4.78, 5) is 4.21. The molecule has 0 aromatic carbocycles. The maximum absolute atomic E-state index is 5.65. The first-order chi connectivity index (χ1) is 9.31. The van der Waals surface area contributed by atoms with Crippen molar-refractivity contribution in [1.29, 1.82) is 0 Å². The summed E-state index contributed by atoms with van der Waals surface area (Å²) in [7, 11) is 0. The summed E-state index contributed by atoms with van der Waals surface area (Å²) in [6.07, 6.45) is 11.0. The van der Waals surface area contributed by atoms with E-state index in [1.807, 2.05) is 19.2 Å². The van der Waals surface area contributed by atoms with Crippen molar-refractivity contribution in [2.45, 2.75) is 58.4 Å².